The third-order valence-electron chi connectivity index (χ3n) is 1.51. The molecule has 0 aliphatic heterocycles. The highest BCUT2D eigenvalue weighted by Crippen LogP contribution is 2.04. The van der Waals surface area contributed by atoms with E-state index >= 15 is 0 Å². The van der Waals surface area contributed by atoms with E-state index < -0.39 is 6.04 Å². The Morgan fingerprint density at radius 1 is 1.54 bits per heavy atom. The van der Waals surface area contributed by atoms with Crippen molar-refractivity contribution in [3.63, 3.8) is 0 Å². The molecule has 4 nitrogen and oxygen atoms in total. The summed E-state index contributed by atoms with van der Waals surface area (Å²) in [6.45, 7) is 5.85. The lowest BCUT2D eigenvalue weighted by molar-refractivity contribution is -0.144. The van der Waals surface area contributed by atoms with E-state index in [9.17, 15) is 4.79 Å². The molecule has 13 heavy (non-hydrogen) atoms. The van der Waals surface area contributed by atoms with Crippen molar-refractivity contribution in [3.05, 3.63) is 0 Å². The van der Waals surface area contributed by atoms with Crippen molar-refractivity contribution >= 4 is 5.97 Å². The first-order valence-electron chi connectivity index (χ1n) is 4.37. The van der Waals surface area contributed by atoms with Crippen molar-refractivity contribution in [1.82, 2.24) is 5.32 Å². The molecule has 0 aromatic rings. The predicted molar refractivity (Wildman–Crippen MR) is 50.4 cm³/mol. The number of methoxy groups -OCH3 is 1. The van der Waals surface area contributed by atoms with Crippen LogP contribution in [0.5, 0.6) is 0 Å². The zero-order valence-electron chi connectivity index (χ0n) is 8.76. The number of aliphatic hydroxyl groups excluding tert-OH is 1. The van der Waals surface area contributed by atoms with Gasteiger partial charge >= 0.3 is 5.97 Å². The number of aliphatic hydroxyl groups is 1. The lowest BCUT2D eigenvalue weighted by Gasteiger charge is -2.26. The molecule has 0 saturated heterocycles. The molecule has 4 heteroatoms. The summed E-state index contributed by atoms with van der Waals surface area (Å²) in [6, 6.07) is -0.421. The average molecular weight is 189 g/mol. The van der Waals surface area contributed by atoms with Crippen molar-refractivity contribution in [2.24, 2.45) is 0 Å². The van der Waals surface area contributed by atoms with Gasteiger partial charge in [-0.2, -0.15) is 0 Å². The summed E-state index contributed by atoms with van der Waals surface area (Å²) in [7, 11) is 1.34. The fourth-order valence-electron chi connectivity index (χ4n) is 1.04. The molecular weight excluding hydrogens is 170 g/mol. The van der Waals surface area contributed by atoms with E-state index in [0.717, 1.165) is 0 Å². The normalized spacial score (nSPS) is 13.9. The SMILES string of the molecule is COC(=O)C(CCO)NC(C)(C)C. The van der Waals surface area contributed by atoms with Crippen LogP contribution < -0.4 is 5.32 Å². The van der Waals surface area contributed by atoms with Crippen LogP contribution in [-0.4, -0.2) is 36.4 Å². The number of rotatable bonds is 4. The van der Waals surface area contributed by atoms with Gasteiger partial charge in [-0.3, -0.25) is 10.1 Å². The Bertz CT molecular complexity index is 163. The second kappa shape index (κ2) is 5.19. The summed E-state index contributed by atoms with van der Waals surface area (Å²) >= 11 is 0. The van der Waals surface area contributed by atoms with Crippen molar-refractivity contribution < 1.29 is 14.6 Å². The van der Waals surface area contributed by atoms with E-state index in [1.807, 2.05) is 20.8 Å². The van der Waals surface area contributed by atoms with Crippen LogP contribution in [0.2, 0.25) is 0 Å². The summed E-state index contributed by atoms with van der Waals surface area (Å²) in [5.41, 5.74) is -0.159. The Morgan fingerprint density at radius 2 is 2.08 bits per heavy atom. The summed E-state index contributed by atoms with van der Waals surface area (Å²) in [5, 5.41) is 11.8. The molecule has 0 amide bonds. The molecule has 0 saturated carbocycles. The number of hydrogen-bond acceptors (Lipinski definition) is 4. The third kappa shape index (κ3) is 5.60. The van der Waals surface area contributed by atoms with E-state index in [2.05, 4.69) is 10.1 Å². The summed E-state index contributed by atoms with van der Waals surface area (Å²) < 4.78 is 4.60. The maximum absolute atomic E-state index is 11.2. The second-order valence-electron chi connectivity index (χ2n) is 3.98. The smallest absolute Gasteiger partial charge is 0.322 e. The third-order valence-corrected chi connectivity index (χ3v) is 1.51. The highest BCUT2D eigenvalue weighted by Gasteiger charge is 2.23. The van der Waals surface area contributed by atoms with Gasteiger partial charge in [-0.15, -0.1) is 0 Å². The predicted octanol–water partition coefficient (Wildman–Crippen LogP) is 0.298. The van der Waals surface area contributed by atoms with E-state index in [-0.39, 0.29) is 18.1 Å². The molecule has 2 N–H and O–H groups in total. The zero-order valence-corrected chi connectivity index (χ0v) is 8.76. The van der Waals surface area contributed by atoms with Gasteiger partial charge in [-0.1, -0.05) is 0 Å². The van der Waals surface area contributed by atoms with Crippen LogP contribution in [0.4, 0.5) is 0 Å². The molecule has 0 bridgehead atoms. The number of carbonyl (C=O) groups excluding carboxylic acids is 1. The van der Waals surface area contributed by atoms with E-state index in [1.54, 1.807) is 0 Å². The number of nitrogens with one attached hydrogen (secondary N) is 1. The van der Waals surface area contributed by atoms with Crippen molar-refractivity contribution in [3.8, 4) is 0 Å². The molecule has 0 rings (SSSR count). The van der Waals surface area contributed by atoms with Crippen LogP contribution >= 0.6 is 0 Å². The Hall–Kier alpha value is -0.610. The van der Waals surface area contributed by atoms with Crippen LogP contribution in [0.3, 0.4) is 0 Å². The molecule has 0 aliphatic carbocycles. The topological polar surface area (TPSA) is 58.6 Å². The Labute approximate surface area is 79.3 Å². The average Bonchev–Trinajstić information content (AvgIpc) is 2.00. The van der Waals surface area contributed by atoms with E-state index in [4.69, 9.17) is 5.11 Å². The van der Waals surface area contributed by atoms with Crippen LogP contribution in [0.25, 0.3) is 0 Å². The molecular formula is C9H19NO3. The summed E-state index contributed by atoms with van der Waals surface area (Å²) in [6.07, 6.45) is 0.379. The number of hydrogen-bond donors (Lipinski definition) is 2. The fraction of sp³-hybridized carbons (Fsp3) is 0.889. The Kier molecular flexibility index (Phi) is 4.95. The van der Waals surface area contributed by atoms with Gasteiger partial charge in [0.15, 0.2) is 0 Å². The van der Waals surface area contributed by atoms with Crippen LogP contribution in [0.1, 0.15) is 27.2 Å². The molecule has 1 unspecified atom stereocenters. The van der Waals surface area contributed by atoms with E-state index in [0.29, 0.717) is 6.42 Å². The Balaban J connectivity index is 4.17. The molecule has 0 aliphatic rings. The summed E-state index contributed by atoms with van der Waals surface area (Å²) in [4.78, 5) is 11.2. The zero-order chi connectivity index (χ0) is 10.5. The van der Waals surface area contributed by atoms with Crippen LogP contribution in [0.15, 0.2) is 0 Å². The molecule has 0 aromatic carbocycles. The largest absolute Gasteiger partial charge is 0.468 e. The first-order chi connectivity index (χ1) is 5.90. The lowest BCUT2D eigenvalue weighted by Crippen LogP contribution is -2.48. The summed E-state index contributed by atoms with van der Waals surface area (Å²) in [5.74, 6) is -0.330. The standard InChI is InChI=1S/C9H19NO3/c1-9(2,3)10-7(5-6-11)8(12)13-4/h7,10-11H,5-6H2,1-4H3. The van der Waals surface area contributed by atoms with E-state index in [1.165, 1.54) is 7.11 Å². The van der Waals surface area contributed by atoms with Gasteiger partial charge < -0.3 is 9.84 Å². The highest BCUT2D eigenvalue weighted by atomic mass is 16.5. The minimum Gasteiger partial charge on any atom is -0.468 e. The maximum atomic E-state index is 11.2. The van der Waals surface area contributed by atoms with Gasteiger partial charge in [0.05, 0.1) is 7.11 Å². The molecule has 0 heterocycles. The van der Waals surface area contributed by atoms with Crippen molar-refractivity contribution in [2.75, 3.05) is 13.7 Å². The van der Waals surface area contributed by atoms with Gasteiger partial charge in [0.25, 0.3) is 0 Å². The number of esters is 1. The van der Waals surface area contributed by atoms with Gasteiger partial charge in [0.1, 0.15) is 6.04 Å². The molecule has 0 spiro atoms. The molecule has 0 aromatic heterocycles. The number of carbonyl (C=O) groups is 1. The lowest BCUT2D eigenvalue weighted by atomic mass is 10.1. The quantitative estimate of drug-likeness (QED) is 0.624. The minimum atomic E-state index is -0.421. The van der Waals surface area contributed by atoms with Gasteiger partial charge in [0.2, 0.25) is 0 Å². The monoisotopic (exact) mass is 189 g/mol. The molecule has 0 fully saturated rings. The van der Waals surface area contributed by atoms with Crippen molar-refractivity contribution in [1.29, 1.82) is 0 Å². The first-order valence-corrected chi connectivity index (χ1v) is 4.37. The van der Waals surface area contributed by atoms with Crippen LogP contribution in [-0.2, 0) is 9.53 Å². The number of ether oxygens (including phenoxy) is 1. The molecule has 1 atom stereocenters. The van der Waals surface area contributed by atoms with Gasteiger partial charge in [0, 0.05) is 12.1 Å². The minimum absolute atomic E-state index is 0.0250. The van der Waals surface area contributed by atoms with Gasteiger partial charge in [-0.05, 0) is 27.2 Å². The van der Waals surface area contributed by atoms with Gasteiger partial charge in [-0.25, -0.2) is 0 Å². The molecule has 0 radical (unpaired) electrons. The Morgan fingerprint density at radius 3 is 2.38 bits per heavy atom. The second-order valence-corrected chi connectivity index (χ2v) is 3.98. The molecule has 78 valence electrons. The van der Waals surface area contributed by atoms with Crippen molar-refractivity contribution in [2.45, 2.75) is 38.8 Å². The first kappa shape index (κ1) is 12.4. The van der Waals surface area contributed by atoms with Crippen LogP contribution in [0, 0.1) is 0 Å². The maximum Gasteiger partial charge on any atom is 0.322 e. The highest BCUT2D eigenvalue weighted by molar-refractivity contribution is 5.75. The fourth-order valence-corrected chi connectivity index (χ4v) is 1.04.